The summed E-state index contributed by atoms with van der Waals surface area (Å²) in [5.41, 5.74) is 1.09. The Bertz CT molecular complexity index is 407. The van der Waals surface area contributed by atoms with Crippen molar-refractivity contribution in [3.05, 3.63) is 24.3 Å². The molecule has 0 amide bonds. The van der Waals surface area contributed by atoms with Gasteiger partial charge in [-0.15, -0.1) is 0 Å². The minimum Gasteiger partial charge on any atom is -0.485 e. The predicted molar refractivity (Wildman–Crippen MR) is 75.8 cm³/mol. The van der Waals surface area contributed by atoms with Crippen molar-refractivity contribution < 1.29 is 9.47 Å². The molecule has 3 rings (SSSR count). The summed E-state index contributed by atoms with van der Waals surface area (Å²) in [6.07, 6.45) is 2.90. The van der Waals surface area contributed by atoms with Gasteiger partial charge in [-0.3, -0.25) is 0 Å². The normalized spacial score (nSPS) is 21.4. The van der Waals surface area contributed by atoms with Crippen LogP contribution in [0.2, 0.25) is 0 Å². The van der Waals surface area contributed by atoms with Gasteiger partial charge in [0.1, 0.15) is 11.9 Å². The van der Waals surface area contributed by atoms with Gasteiger partial charge in [-0.2, -0.15) is 0 Å². The molecule has 104 valence electrons. The molecule has 1 fully saturated rings. The third kappa shape index (κ3) is 3.85. The molecule has 4 nitrogen and oxygen atoms in total. The zero-order chi connectivity index (χ0) is 12.9. The first-order valence-electron chi connectivity index (χ1n) is 7.20. The van der Waals surface area contributed by atoms with Crippen LogP contribution in [0.15, 0.2) is 24.3 Å². The van der Waals surface area contributed by atoms with E-state index in [4.69, 9.17) is 9.47 Å². The highest BCUT2D eigenvalue weighted by molar-refractivity contribution is 5.57. The maximum Gasteiger partial charge on any atom is 0.142 e. The molecule has 0 saturated heterocycles. The second-order valence-corrected chi connectivity index (χ2v) is 5.34. The van der Waals surface area contributed by atoms with Gasteiger partial charge >= 0.3 is 0 Å². The van der Waals surface area contributed by atoms with E-state index in [0.29, 0.717) is 0 Å². The summed E-state index contributed by atoms with van der Waals surface area (Å²) in [5.74, 6) is 1.80. The van der Waals surface area contributed by atoms with Crippen molar-refractivity contribution in [1.82, 2.24) is 5.32 Å². The average molecular weight is 262 g/mol. The number of benzene rings is 1. The summed E-state index contributed by atoms with van der Waals surface area (Å²) in [7, 11) is 0. The SMILES string of the molecule is c1ccc2c(c1)NCC(CNCCOCC1CC1)O2. The third-order valence-electron chi connectivity index (χ3n) is 3.55. The Labute approximate surface area is 114 Å². The van der Waals surface area contributed by atoms with E-state index in [2.05, 4.69) is 10.6 Å². The number of nitrogens with one attached hydrogen (secondary N) is 2. The Morgan fingerprint density at radius 1 is 1.32 bits per heavy atom. The van der Waals surface area contributed by atoms with Gasteiger partial charge < -0.3 is 20.1 Å². The maximum absolute atomic E-state index is 5.92. The molecule has 0 bridgehead atoms. The van der Waals surface area contributed by atoms with E-state index >= 15 is 0 Å². The van der Waals surface area contributed by atoms with Gasteiger partial charge in [0, 0.05) is 19.7 Å². The van der Waals surface area contributed by atoms with Gasteiger partial charge in [-0.05, 0) is 30.9 Å². The summed E-state index contributed by atoms with van der Waals surface area (Å²) in [6, 6.07) is 8.07. The molecule has 1 atom stereocenters. The molecule has 19 heavy (non-hydrogen) atoms. The molecule has 1 aliphatic heterocycles. The van der Waals surface area contributed by atoms with E-state index in [-0.39, 0.29) is 6.10 Å². The molecule has 1 aromatic carbocycles. The molecule has 1 aromatic rings. The Kier molecular flexibility index (Phi) is 4.20. The van der Waals surface area contributed by atoms with Gasteiger partial charge in [-0.1, -0.05) is 12.1 Å². The fourth-order valence-corrected chi connectivity index (χ4v) is 2.22. The minimum absolute atomic E-state index is 0.193. The molecule has 1 heterocycles. The molecule has 2 N–H and O–H groups in total. The van der Waals surface area contributed by atoms with Crippen LogP contribution in [0.5, 0.6) is 5.75 Å². The quantitative estimate of drug-likeness (QED) is 0.736. The standard InChI is InChI=1S/C15H22N2O2/c1-2-4-15-14(3-1)17-10-13(19-15)9-16-7-8-18-11-12-5-6-12/h1-4,12-13,16-17H,5-11H2. The molecular weight excluding hydrogens is 240 g/mol. The minimum atomic E-state index is 0.193. The fraction of sp³-hybridized carbons (Fsp3) is 0.600. The molecule has 4 heteroatoms. The largest absolute Gasteiger partial charge is 0.485 e. The maximum atomic E-state index is 5.92. The molecule has 1 unspecified atom stereocenters. The topological polar surface area (TPSA) is 42.5 Å². The van der Waals surface area contributed by atoms with Crippen molar-refractivity contribution in [2.24, 2.45) is 5.92 Å². The predicted octanol–water partition coefficient (Wildman–Crippen LogP) is 1.88. The van der Waals surface area contributed by atoms with E-state index in [1.54, 1.807) is 0 Å². The zero-order valence-corrected chi connectivity index (χ0v) is 11.2. The van der Waals surface area contributed by atoms with Crippen molar-refractivity contribution in [3.8, 4) is 5.75 Å². The highest BCUT2D eigenvalue weighted by Gasteiger charge is 2.21. The van der Waals surface area contributed by atoms with Gasteiger partial charge in [0.25, 0.3) is 0 Å². The monoisotopic (exact) mass is 262 g/mol. The second kappa shape index (κ2) is 6.26. The molecule has 0 aromatic heterocycles. The summed E-state index contributed by atoms with van der Waals surface area (Å²) in [6.45, 7) is 4.35. The molecular formula is C15H22N2O2. The number of anilines is 1. The van der Waals surface area contributed by atoms with Crippen LogP contribution < -0.4 is 15.4 Å². The van der Waals surface area contributed by atoms with Crippen LogP contribution in [-0.2, 0) is 4.74 Å². The molecule has 0 radical (unpaired) electrons. The van der Waals surface area contributed by atoms with E-state index in [1.807, 2.05) is 24.3 Å². The first-order valence-corrected chi connectivity index (χ1v) is 7.20. The lowest BCUT2D eigenvalue weighted by atomic mass is 10.2. The van der Waals surface area contributed by atoms with Gasteiger partial charge in [0.05, 0.1) is 18.8 Å². The molecule has 1 saturated carbocycles. The van der Waals surface area contributed by atoms with Crippen LogP contribution in [0.3, 0.4) is 0 Å². The Balaban J connectivity index is 1.31. The zero-order valence-electron chi connectivity index (χ0n) is 11.2. The van der Waals surface area contributed by atoms with Crippen molar-refractivity contribution in [3.63, 3.8) is 0 Å². The molecule has 2 aliphatic rings. The lowest BCUT2D eigenvalue weighted by Crippen LogP contribution is -2.40. The van der Waals surface area contributed by atoms with E-state index in [1.165, 1.54) is 12.8 Å². The smallest absolute Gasteiger partial charge is 0.142 e. The number of hydrogen-bond donors (Lipinski definition) is 2. The number of fused-ring (bicyclic) bond motifs is 1. The lowest BCUT2D eigenvalue weighted by molar-refractivity contribution is 0.122. The summed E-state index contributed by atoms with van der Waals surface area (Å²) in [4.78, 5) is 0. The Hall–Kier alpha value is -1.26. The summed E-state index contributed by atoms with van der Waals surface area (Å²) >= 11 is 0. The van der Waals surface area contributed by atoms with Crippen LogP contribution >= 0.6 is 0 Å². The van der Waals surface area contributed by atoms with Crippen LogP contribution in [0.25, 0.3) is 0 Å². The number of para-hydroxylation sites is 2. The van der Waals surface area contributed by atoms with Crippen LogP contribution in [-0.4, -0.2) is 39.0 Å². The van der Waals surface area contributed by atoms with Crippen LogP contribution in [0.1, 0.15) is 12.8 Å². The Morgan fingerprint density at radius 3 is 3.11 bits per heavy atom. The number of rotatable bonds is 7. The second-order valence-electron chi connectivity index (χ2n) is 5.34. The first kappa shape index (κ1) is 12.8. The molecule has 1 aliphatic carbocycles. The highest BCUT2D eigenvalue weighted by Crippen LogP contribution is 2.29. The van der Waals surface area contributed by atoms with Crippen molar-refractivity contribution in [1.29, 1.82) is 0 Å². The Morgan fingerprint density at radius 2 is 2.21 bits per heavy atom. The highest BCUT2D eigenvalue weighted by atomic mass is 16.5. The van der Waals surface area contributed by atoms with Crippen molar-refractivity contribution >= 4 is 5.69 Å². The third-order valence-corrected chi connectivity index (χ3v) is 3.55. The van der Waals surface area contributed by atoms with E-state index in [9.17, 15) is 0 Å². The summed E-state index contributed by atoms with van der Waals surface area (Å²) < 4.78 is 11.5. The summed E-state index contributed by atoms with van der Waals surface area (Å²) in [5, 5.41) is 6.78. The number of ether oxygens (including phenoxy) is 2. The van der Waals surface area contributed by atoms with Gasteiger partial charge in [-0.25, -0.2) is 0 Å². The van der Waals surface area contributed by atoms with Crippen molar-refractivity contribution in [2.45, 2.75) is 18.9 Å². The van der Waals surface area contributed by atoms with Crippen LogP contribution in [0.4, 0.5) is 5.69 Å². The molecule has 0 spiro atoms. The first-order chi connectivity index (χ1) is 9.42. The van der Waals surface area contributed by atoms with Crippen molar-refractivity contribution in [2.75, 3.05) is 38.2 Å². The number of hydrogen-bond acceptors (Lipinski definition) is 4. The van der Waals surface area contributed by atoms with E-state index < -0.39 is 0 Å². The lowest BCUT2D eigenvalue weighted by Gasteiger charge is -2.27. The van der Waals surface area contributed by atoms with Gasteiger partial charge in [0.2, 0.25) is 0 Å². The fourth-order valence-electron chi connectivity index (χ4n) is 2.22. The van der Waals surface area contributed by atoms with Crippen LogP contribution in [0, 0.1) is 5.92 Å². The average Bonchev–Trinajstić information content (AvgIpc) is 3.27. The van der Waals surface area contributed by atoms with Gasteiger partial charge in [0.15, 0.2) is 0 Å². The van der Waals surface area contributed by atoms with E-state index in [0.717, 1.165) is 50.2 Å².